The smallest absolute Gasteiger partial charge is 0.166 e. The van der Waals surface area contributed by atoms with Gasteiger partial charge in [0.2, 0.25) is 0 Å². The standard InChI is InChI=1S/C9H16O2/c1-4-5-7-9(11-7)8(10)6(2)3/h6-7,9H,4-5H2,1-3H3/t7-,9+/m1/s1. The van der Waals surface area contributed by atoms with Gasteiger partial charge >= 0.3 is 0 Å². The highest BCUT2D eigenvalue weighted by Crippen LogP contribution is 2.29. The van der Waals surface area contributed by atoms with E-state index in [0.717, 1.165) is 12.8 Å². The molecule has 2 atom stereocenters. The number of hydrogen-bond acceptors (Lipinski definition) is 2. The van der Waals surface area contributed by atoms with Gasteiger partial charge in [-0.3, -0.25) is 4.79 Å². The number of carbonyl (C=O) groups is 1. The molecular weight excluding hydrogens is 140 g/mol. The maximum absolute atomic E-state index is 11.3. The molecule has 0 saturated carbocycles. The van der Waals surface area contributed by atoms with Gasteiger partial charge in [0.15, 0.2) is 5.78 Å². The third-order valence-electron chi connectivity index (χ3n) is 2.01. The molecule has 0 aromatic heterocycles. The number of Topliss-reactive ketones (excluding diaryl/α,β-unsaturated/α-hetero) is 1. The van der Waals surface area contributed by atoms with Crippen molar-refractivity contribution < 1.29 is 9.53 Å². The fraction of sp³-hybridized carbons (Fsp3) is 0.889. The molecule has 0 amide bonds. The fourth-order valence-electron chi connectivity index (χ4n) is 1.23. The fourth-order valence-corrected chi connectivity index (χ4v) is 1.23. The molecule has 1 aliphatic rings. The highest BCUT2D eigenvalue weighted by molar-refractivity contribution is 5.87. The minimum Gasteiger partial charge on any atom is -0.361 e. The molecule has 0 unspecified atom stereocenters. The van der Waals surface area contributed by atoms with Crippen molar-refractivity contribution in [1.82, 2.24) is 0 Å². The van der Waals surface area contributed by atoms with Gasteiger partial charge in [0, 0.05) is 5.92 Å². The largest absolute Gasteiger partial charge is 0.361 e. The lowest BCUT2D eigenvalue weighted by atomic mass is 10.0. The number of carbonyl (C=O) groups excluding carboxylic acids is 1. The van der Waals surface area contributed by atoms with Gasteiger partial charge in [-0.1, -0.05) is 27.2 Å². The van der Waals surface area contributed by atoms with E-state index in [1.165, 1.54) is 0 Å². The molecule has 0 aromatic carbocycles. The SMILES string of the molecule is CCC[C@H]1O[C@@H]1C(=O)C(C)C. The Labute approximate surface area is 67.9 Å². The Balaban J connectivity index is 2.26. The van der Waals surface area contributed by atoms with Gasteiger partial charge in [-0.25, -0.2) is 0 Å². The average Bonchev–Trinajstić information content (AvgIpc) is 2.67. The average molecular weight is 156 g/mol. The summed E-state index contributed by atoms with van der Waals surface area (Å²) in [5.41, 5.74) is 0. The van der Waals surface area contributed by atoms with Crippen molar-refractivity contribution in [3.63, 3.8) is 0 Å². The van der Waals surface area contributed by atoms with E-state index < -0.39 is 0 Å². The van der Waals surface area contributed by atoms with Crippen LogP contribution in [0.5, 0.6) is 0 Å². The Morgan fingerprint density at radius 3 is 2.64 bits per heavy atom. The van der Waals surface area contributed by atoms with E-state index in [9.17, 15) is 4.79 Å². The number of rotatable bonds is 4. The summed E-state index contributed by atoms with van der Waals surface area (Å²) < 4.78 is 5.23. The van der Waals surface area contributed by atoms with Crippen molar-refractivity contribution in [2.75, 3.05) is 0 Å². The predicted octanol–water partition coefficient (Wildman–Crippen LogP) is 1.78. The first-order chi connectivity index (χ1) is 5.16. The van der Waals surface area contributed by atoms with Crippen LogP contribution in [0, 0.1) is 5.92 Å². The summed E-state index contributed by atoms with van der Waals surface area (Å²) in [6.45, 7) is 5.96. The van der Waals surface area contributed by atoms with Crippen molar-refractivity contribution in [2.24, 2.45) is 5.92 Å². The molecule has 0 bridgehead atoms. The molecule has 1 aliphatic heterocycles. The monoisotopic (exact) mass is 156 g/mol. The van der Waals surface area contributed by atoms with Crippen molar-refractivity contribution >= 4 is 5.78 Å². The van der Waals surface area contributed by atoms with Crippen molar-refractivity contribution in [1.29, 1.82) is 0 Å². The number of epoxide rings is 1. The topological polar surface area (TPSA) is 29.6 Å². The second-order valence-corrected chi connectivity index (χ2v) is 3.44. The summed E-state index contributed by atoms with van der Waals surface area (Å²) in [6.07, 6.45) is 2.32. The minimum atomic E-state index is -0.0602. The number of ether oxygens (including phenoxy) is 1. The van der Waals surface area contributed by atoms with Crippen LogP contribution >= 0.6 is 0 Å². The van der Waals surface area contributed by atoms with E-state index in [2.05, 4.69) is 6.92 Å². The molecular formula is C9H16O2. The summed E-state index contributed by atoms with van der Waals surface area (Å²) >= 11 is 0. The summed E-state index contributed by atoms with van der Waals surface area (Å²) in [5, 5.41) is 0. The molecule has 11 heavy (non-hydrogen) atoms. The van der Waals surface area contributed by atoms with E-state index in [1.54, 1.807) is 0 Å². The molecule has 1 saturated heterocycles. The maximum Gasteiger partial charge on any atom is 0.166 e. The first-order valence-electron chi connectivity index (χ1n) is 4.36. The molecule has 1 heterocycles. The Bertz CT molecular complexity index is 152. The minimum absolute atomic E-state index is 0.0602. The molecule has 64 valence electrons. The summed E-state index contributed by atoms with van der Waals surface area (Å²) in [7, 11) is 0. The second-order valence-electron chi connectivity index (χ2n) is 3.44. The van der Waals surface area contributed by atoms with Crippen molar-refractivity contribution in [2.45, 2.75) is 45.8 Å². The zero-order valence-corrected chi connectivity index (χ0v) is 7.46. The van der Waals surface area contributed by atoms with Gasteiger partial charge in [-0.15, -0.1) is 0 Å². The molecule has 2 heteroatoms. The normalized spacial score (nSPS) is 29.1. The number of ketones is 1. The van der Waals surface area contributed by atoms with Gasteiger partial charge in [0.1, 0.15) is 6.10 Å². The highest BCUT2D eigenvalue weighted by Gasteiger charge is 2.44. The zero-order valence-electron chi connectivity index (χ0n) is 7.46. The van der Waals surface area contributed by atoms with Crippen molar-refractivity contribution in [3.8, 4) is 0 Å². The van der Waals surface area contributed by atoms with Gasteiger partial charge in [0.25, 0.3) is 0 Å². The van der Waals surface area contributed by atoms with Gasteiger partial charge < -0.3 is 4.74 Å². The van der Waals surface area contributed by atoms with Crippen LogP contribution < -0.4 is 0 Å². The van der Waals surface area contributed by atoms with Crippen LogP contribution in [0.15, 0.2) is 0 Å². The van der Waals surface area contributed by atoms with E-state index in [4.69, 9.17) is 4.74 Å². The Morgan fingerprint density at radius 1 is 1.55 bits per heavy atom. The lowest BCUT2D eigenvalue weighted by molar-refractivity contribution is -0.123. The lowest BCUT2D eigenvalue weighted by Crippen LogP contribution is -2.16. The molecule has 0 N–H and O–H groups in total. The summed E-state index contributed by atoms with van der Waals surface area (Å²) in [5.74, 6) is 0.394. The molecule has 2 nitrogen and oxygen atoms in total. The molecule has 0 aliphatic carbocycles. The molecule has 1 rings (SSSR count). The van der Waals surface area contributed by atoms with Crippen LogP contribution in [0.25, 0.3) is 0 Å². The van der Waals surface area contributed by atoms with Gasteiger partial charge in [-0.05, 0) is 6.42 Å². The Morgan fingerprint density at radius 2 is 2.18 bits per heavy atom. The van der Waals surface area contributed by atoms with Crippen LogP contribution in [-0.2, 0) is 9.53 Å². The van der Waals surface area contributed by atoms with Crippen LogP contribution in [0.1, 0.15) is 33.6 Å². The first-order valence-corrected chi connectivity index (χ1v) is 4.36. The maximum atomic E-state index is 11.3. The second kappa shape index (κ2) is 3.35. The van der Waals surface area contributed by atoms with Crippen LogP contribution in [0.3, 0.4) is 0 Å². The van der Waals surface area contributed by atoms with Crippen LogP contribution in [0.4, 0.5) is 0 Å². The van der Waals surface area contributed by atoms with Crippen LogP contribution in [-0.4, -0.2) is 18.0 Å². The van der Waals surface area contributed by atoms with E-state index in [1.807, 2.05) is 13.8 Å². The van der Waals surface area contributed by atoms with E-state index >= 15 is 0 Å². The van der Waals surface area contributed by atoms with Gasteiger partial charge in [-0.2, -0.15) is 0 Å². The Kier molecular flexibility index (Phi) is 2.66. The Hall–Kier alpha value is -0.370. The highest BCUT2D eigenvalue weighted by atomic mass is 16.6. The third kappa shape index (κ3) is 2.03. The molecule has 1 fully saturated rings. The van der Waals surface area contributed by atoms with Crippen molar-refractivity contribution in [3.05, 3.63) is 0 Å². The van der Waals surface area contributed by atoms with Crippen LogP contribution in [0.2, 0.25) is 0 Å². The number of hydrogen-bond donors (Lipinski definition) is 0. The van der Waals surface area contributed by atoms with E-state index in [0.29, 0.717) is 0 Å². The lowest BCUT2D eigenvalue weighted by Gasteiger charge is -1.97. The predicted molar refractivity (Wildman–Crippen MR) is 43.4 cm³/mol. The zero-order chi connectivity index (χ0) is 8.43. The summed E-state index contributed by atoms with van der Waals surface area (Å²) in [6, 6.07) is 0. The molecule has 0 aromatic rings. The molecule has 0 radical (unpaired) electrons. The first kappa shape index (κ1) is 8.72. The van der Waals surface area contributed by atoms with E-state index in [-0.39, 0.29) is 23.9 Å². The summed E-state index contributed by atoms with van der Waals surface area (Å²) in [4.78, 5) is 11.3. The quantitative estimate of drug-likeness (QED) is 0.581. The van der Waals surface area contributed by atoms with Gasteiger partial charge in [0.05, 0.1) is 6.10 Å². The molecule has 0 spiro atoms. The third-order valence-corrected chi connectivity index (χ3v) is 2.01.